The summed E-state index contributed by atoms with van der Waals surface area (Å²) in [6.07, 6.45) is 3.23. The topological polar surface area (TPSA) is 55.6 Å². The first-order valence-corrected chi connectivity index (χ1v) is 8.00. The van der Waals surface area contributed by atoms with Gasteiger partial charge in [0.1, 0.15) is 6.67 Å². The van der Waals surface area contributed by atoms with Crippen LogP contribution in [-0.4, -0.2) is 19.5 Å². The summed E-state index contributed by atoms with van der Waals surface area (Å²) in [5.74, 6) is 1.11. The molecule has 0 radical (unpaired) electrons. The predicted molar refractivity (Wildman–Crippen MR) is 96.2 cm³/mol. The van der Waals surface area contributed by atoms with E-state index in [9.17, 15) is 4.39 Å². The maximum atomic E-state index is 12.6. The second kappa shape index (κ2) is 6.49. The number of rotatable bonds is 4. The molecule has 0 aliphatic heterocycles. The van der Waals surface area contributed by atoms with E-state index in [0.29, 0.717) is 22.5 Å². The van der Waals surface area contributed by atoms with Crippen LogP contribution in [0.2, 0.25) is 5.28 Å². The lowest BCUT2D eigenvalue weighted by Crippen LogP contribution is -2.02. The third-order valence-electron chi connectivity index (χ3n) is 3.75. The highest BCUT2D eigenvalue weighted by atomic mass is 35.5. The van der Waals surface area contributed by atoms with Crippen LogP contribution < -0.4 is 5.32 Å². The molecule has 2 aromatic carbocycles. The molecular formula is C18H13ClFN5. The third-order valence-corrected chi connectivity index (χ3v) is 4.00. The van der Waals surface area contributed by atoms with Gasteiger partial charge in [0.05, 0.1) is 23.4 Å². The van der Waals surface area contributed by atoms with Crippen LogP contribution in [0.1, 0.15) is 5.56 Å². The van der Waals surface area contributed by atoms with Crippen LogP contribution in [0.25, 0.3) is 16.9 Å². The summed E-state index contributed by atoms with van der Waals surface area (Å²) >= 11 is 6.28. The van der Waals surface area contributed by atoms with Gasteiger partial charge in [-0.15, -0.1) is 0 Å². The van der Waals surface area contributed by atoms with E-state index in [4.69, 9.17) is 11.6 Å². The summed E-state index contributed by atoms with van der Waals surface area (Å²) in [7, 11) is 0. The number of para-hydroxylation sites is 2. The fourth-order valence-electron chi connectivity index (χ4n) is 2.56. The van der Waals surface area contributed by atoms with Gasteiger partial charge >= 0.3 is 0 Å². The summed E-state index contributed by atoms with van der Waals surface area (Å²) in [6, 6.07) is 14.7. The Balaban J connectivity index is 1.70. The molecule has 0 aliphatic carbocycles. The van der Waals surface area contributed by atoms with Gasteiger partial charge in [0.25, 0.3) is 0 Å². The summed E-state index contributed by atoms with van der Waals surface area (Å²) < 4.78 is 14.3. The van der Waals surface area contributed by atoms with E-state index in [1.54, 1.807) is 41.2 Å². The van der Waals surface area contributed by atoms with Gasteiger partial charge in [-0.1, -0.05) is 24.3 Å². The zero-order valence-corrected chi connectivity index (χ0v) is 13.8. The highest BCUT2D eigenvalue weighted by Gasteiger charge is 2.12. The fourth-order valence-corrected chi connectivity index (χ4v) is 2.83. The number of nitrogens with one attached hydrogen (secondary N) is 1. The number of hydrogen-bond donors (Lipinski definition) is 1. The van der Waals surface area contributed by atoms with Crippen molar-refractivity contribution >= 4 is 34.1 Å². The van der Waals surface area contributed by atoms with Crippen molar-refractivity contribution in [3.8, 4) is 5.82 Å². The van der Waals surface area contributed by atoms with E-state index in [2.05, 4.69) is 20.3 Å². The molecule has 4 aromatic rings. The minimum absolute atomic E-state index is 0.319. The normalized spacial score (nSPS) is 11.0. The lowest BCUT2D eigenvalue weighted by molar-refractivity contribution is 0.485. The summed E-state index contributed by atoms with van der Waals surface area (Å²) in [5.41, 5.74) is 3.06. The Morgan fingerprint density at radius 2 is 1.80 bits per heavy atom. The summed E-state index contributed by atoms with van der Waals surface area (Å²) in [4.78, 5) is 13.1. The van der Waals surface area contributed by atoms with Gasteiger partial charge in [-0.05, 0) is 41.4 Å². The van der Waals surface area contributed by atoms with Gasteiger partial charge in [-0.2, -0.15) is 0 Å². The molecule has 5 nitrogen and oxygen atoms in total. The second-order valence-corrected chi connectivity index (χ2v) is 5.76. The third kappa shape index (κ3) is 3.04. The Morgan fingerprint density at radius 3 is 2.60 bits per heavy atom. The van der Waals surface area contributed by atoms with Gasteiger partial charge in [0.2, 0.25) is 5.28 Å². The Hall–Kier alpha value is -2.99. The van der Waals surface area contributed by atoms with Crippen molar-refractivity contribution in [1.82, 2.24) is 19.5 Å². The second-order valence-electron chi connectivity index (χ2n) is 5.42. The zero-order valence-electron chi connectivity index (χ0n) is 13.0. The zero-order chi connectivity index (χ0) is 17.2. The van der Waals surface area contributed by atoms with Gasteiger partial charge in [0.15, 0.2) is 11.6 Å². The lowest BCUT2D eigenvalue weighted by Gasteiger charge is -2.09. The van der Waals surface area contributed by atoms with Gasteiger partial charge in [-0.3, -0.25) is 9.55 Å². The number of halogens is 2. The molecule has 0 atom stereocenters. The smallest absolute Gasteiger partial charge is 0.209 e. The number of anilines is 2. The number of imidazole rings is 1. The van der Waals surface area contributed by atoms with Crippen molar-refractivity contribution in [2.45, 2.75) is 6.67 Å². The maximum Gasteiger partial charge on any atom is 0.209 e. The Labute approximate surface area is 148 Å². The number of hydrogen-bond acceptors (Lipinski definition) is 4. The molecule has 0 amide bonds. The van der Waals surface area contributed by atoms with Gasteiger partial charge in [-0.25, -0.2) is 14.4 Å². The van der Waals surface area contributed by atoms with Crippen LogP contribution in [0.4, 0.5) is 15.9 Å². The number of aromatic nitrogens is 4. The molecule has 7 heteroatoms. The summed E-state index contributed by atoms with van der Waals surface area (Å²) in [5, 5.41) is 3.47. The molecule has 124 valence electrons. The summed E-state index contributed by atoms with van der Waals surface area (Å²) in [6.45, 7) is -0.484. The van der Waals surface area contributed by atoms with E-state index in [0.717, 1.165) is 16.7 Å². The van der Waals surface area contributed by atoms with Crippen molar-refractivity contribution in [3.05, 3.63) is 71.8 Å². The minimum atomic E-state index is -0.484. The lowest BCUT2D eigenvalue weighted by atomic mass is 10.2. The first-order chi connectivity index (χ1) is 12.2. The number of fused-ring (bicyclic) bond motifs is 1. The molecule has 2 aromatic heterocycles. The van der Waals surface area contributed by atoms with Crippen molar-refractivity contribution < 1.29 is 4.39 Å². The molecule has 2 heterocycles. The highest BCUT2D eigenvalue weighted by molar-refractivity contribution is 6.29. The van der Waals surface area contributed by atoms with Gasteiger partial charge in [0, 0.05) is 5.69 Å². The fraction of sp³-hybridized carbons (Fsp3) is 0.0556. The quantitative estimate of drug-likeness (QED) is 0.578. The van der Waals surface area contributed by atoms with E-state index in [-0.39, 0.29) is 0 Å². The van der Waals surface area contributed by atoms with Crippen LogP contribution in [0.3, 0.4) is 0 Å². The molecule has 0 saturated carbocycles. The largest absolute Gasteiger partial charge is 0.339 e. The molecule has 25 heavy (non-hydrogen) atoms. The molecule has 0 fully saturated rings. The molecule has 1 N–H and O–H groups in total. The highest BCUT2D eigenvalue weighted by Crippen LogP contribution is 2.24. The van der Waals surface area contributed by atoms with Crippen LogP contribution in [0.15, 0.2) is 60.9 Å². The van der Waals surface area contributed by atoms with E-state index < -0.39 is 6.67 Å². The Bertz CT molecular complexity index is 1030. The predicted octanol–water partition coefficient (Wildman–Crippen LogP) is 4.68. The van der Waals surface area contributed by atoms with Crippen molar-refractivity contribution in [3.63, 3.8) is 0 Å². The van der Waals surface area contributed by atoms with E-state index in [1.165, 1.54) is 0 Å². The van der Waals surface area contributed by atoms with Crippen molar-refractivity contribution in [2.75, 3.05) is 5.32 Å². The number of nitrogens with zero attached hydrogens (tertiary/aromatic N) is 4. The molecule has 0 unspecified atom stereocenters. The standard InChI is InChI=1S/C18H13ClFN5/c19-18-23-14-3-1-2-4-15(14)25(18)17-11-21-10-16(24-17)22-13-7-5-12(9-20)6-8-13/h1-8,10-11H,9H2,(H,22,24). The SMILES string of the molecule is FCc1ccc(Nc2cncc(-n3c(Cl)nc4ccccc43)n2)cc1. The molecule has 0 bridgehead atoms. The van der Waals surface area contributed by atoms with Crippen molar-refractivity contribution in [2.24, 2.45) is 0 Å². The molecule has 0 saturated heterocycles. The average Bonchev–Trinajstić information content (AvgIpc) is 2.98. The van der Waals surface area contributed by atoms with Crippen LogP contribution in [0, 0.1) is 0 Å². The number of benzene rings is 2. The maximum absolute atomic E-state index is 12.6. The van der Waals surface area contributed by atoms with Crippen LogP contribution in [0.5, 0.6) is 0 Å². The van der Waals surface area contributed by atoms with Crippen molar-refractivity contribution in [1.29, 1.82) is 0 Å². The Kier molecular flexibility index (Phi) is 4.03. The molecule has 0 aliphatic rings. The van der Waals surface area contributed by atoms with E-state index in [1.807, 2.05) is 24.3 Å². The van der Waals surface area contributed by atoms with E-state index >= 15 is 0 Å². The van der Waals surface area contributed by atoms with Crippen LogP contribution >= 0.6 is 11.6 Å². The number of alkyl halides is 1. The monoisotopic (exact) mass is 353 g/mol. The first kappa shape index (κ1) is 15.5. The van der Waals surface area contributed by atoms with Gasteiger partial charge < -0.3 is 5.32 Å². The molecular weight excluding hydrogens is 341 g/mol. The van der Waals surface area contributed by atoms with Crippen LogP contribution in [-0.2, 0) is 6.67 Å². The molecule has 0 spiro atoms. The Morgan fingerprint density at radius 1 is 1.00 bits per heavy atom. The first-order valence-electron chi connectivity index (χ1n) is 7.62. The average molecular weight is 354 g/mol. The molecule has 4 rings (SSSR count). The minimum Gasteiger partial charge on any atom is -0.339 e.